The Morgan fingerprint density at radius 1 is 1.18 bits per heavy atom. The molecule has 0 unspecified atom stereocenters. The molecule has 0 aliphatic heterocycles. The number of aryl methyl sites for hydroxylation is 2. The Kier molecular flexibility index (Phi) is 5.25. The third kappa shape index (κ3) is 3.91. The lowest BCUT2D eigenvalue weighted by Gasteiger charge is -2.15. The van der Waals surface area contributed by atoms with Crippen molar-refractivity contribution in [2.75, 3.05) is 6.61 Å². The van der Waals surface area contributed by atoms with E-state index in [9.17, 15) is 13.2 Å². The summed E-state index contributed by atoms with van der Waals surface area (Å²) < 4.78 is 34.8. The van der Waals surface area contributed by atoms with Crippen molar-refractivity contribution in [2.45, 2.75) is 24.7 Å². The summed E-state index contributed by atoms with van der Waals surface area (Å²) in [6.07, 6.45) is 6.50. The van der Waals surface area contributed by atoms with Gasteiger partial charge in [0, 0.05) is 25.0 Å². The Labute approximate surface area is 195 Å². The van der Waals surface area contributed by atoms with Crippen LogP contribution in [-0.2, 0) is 17.1 Å². The molecule has 0 N–H and O–H groups in total. The van der Waals surface area contributed by atoms with Crippen LogP contribution in [0.15, 0.2) is 58.6 Å². The minimum Gasteiger partial charge on any atom is -0.487 e. The van der Waals surface area contributed by atoms with Crippen LogP contribution in [-0.4, -0.2) is 33.5 Å². The van der Waals surface area contributed by atoms with Gasteiger partial charge in [0.15, 0.2) is 5.75 Å². The first-order valence-corrected chi connectivity index (χ1v) is 12.3. The fourth-order valence-corrected chi connectivity index (χ4v) is 4.98. The van der Waals surface area contributed by atoms with Gasteiger partial charge in [-0.15, -0.1) is 0 Å². The largest absolute Gasteiger partial charge is 0.487 e. The summed E-state index contributed by atoms with van der Waals surface area (Å²) in [5, 5.41) is 0.0160. The number of hydrogen-bond acceptors (Lipinski definition) is 6. The van der Waals surface area contributed by atoms with Gasteiger partial charge < -0.3 is 9.30 Å². The fraction of sp³-hybridized carbons (Fsp3) is 0.261. The highest BCUT2D eigenvalue weighted by Gasteiger charge is 2.27. The second-order valence-corrected chi connectivity index (χ2v) is 10.4. The van der Waals surface area contributed by atoms with E-state index in [4.69, 9.17) is 16.3 Å². The summed E-state index contributed by atoms with van der Waals surface area (Å²) in [5.41, 5.74) is 2.37. The Morgan fingerprint density at radius 2 is 1.91 bits per heavy atom. The Balaban J connectivity index is 1.69. The molecular formula is C23H21ClN4O4S. The van der Waals surface area contributed by atoms with E-state index in [1.807, 2.05) is 6.92 Å². The number of halogens is 1. The van der Waals surface area contributed by atoms with Crippen molar-refractivity contribution in [1.29, 1.82) is 0 Å². The highest BCUT2D eigenvalue weighted by Crippen LogP contribution is 2.36. The van der Waals surface area contributed by atoms with Gasteiger partial charge in [0.2, 0.25) is 5.28 Å². The van der Waals surface area contributed by atoms with Gasteiger partial charge in [-0.05, 0) is 55.5 Å². The van der Waals surface area contributed by atoms with Crippen LogP contribution in [0.3, 0.4) is 0 Å². The predicted octanol–water partition coefficient (Wildman–Crippen LogP) is 3.78. The molecule has 1 fully saturated rings. The molecule has 3 heterocycles. The molecule has 1 aliphatic carbocycles. The van der Waals surface area contributed by atoms with Crippen LogP contribution >= 0.6 is 11.6 Å². The summed E-state index contributed by atoms with van der Waals surface area (Å²) in [6, 6.07) is 8.24. The third-order valence-corrected chi connectivity index (χ3v) is 7.61. The van der Waals surface area contributed by atoms with Crippen LogP contribution in [0.2, 0.25) is 5.28 Å². The number of ether oxygens (including phenoxy) is 1. The first-order chi connectivity index (χ1) is 15.8. The lowest BCUT2D eigenvalue weighted by Crippen LogP contribution is -2.22. The average molecular weight is 485 g/mol. The van der Waals surface area contributed by atoms with E-state index in [-0.39, 0.29) is 21.5 Å². The molecule has 5 rings (SSSR count). The van der Waals surface area contributed by atoms with Crippen LogP contribution < -0.4 is 10.3 Å². The van der Waals surface area contributed by atoms with Crippen molar-refractivity contribution >= 4 is 32.7 Å². The lowest BCUT2D eigenvalue weighted by molar-refractivity contribution is 0.296. The summed E-state index contributed by atoms with van der Waals surface area (Å²) in [4.78, 5) is 21.7. The maximum Gasteiger partial charge on any atom is 0.293 e. The molecule has 1 saturated carbocycles. The number of aromatic nitrogens is 4. The quantitative estimate of drug-likeness (QED) is 0.386. The van der Waals surface area contributed by atoms with Crippen LogP contribution in [0, 0.1) is 12.8 Å². The maximum atomic E-state index is 13.2. The van der Waals surface area contributed by atoms with Gasteiger partial charge in [0.25, 0.3) is 15.6 Å². The number of pyridine rings is 1. The Hall–Kier alpha value is -3.17. The van der Waals surface area contributed by atoms with E-state index < -0.39 is 10.0 Å². The molecule has 0 radical (unpaired) electrons. The molecule has 0 spiro atoms. The van der Waals surface area contributed by atoms with Crippen LogP contribution in [0.25, 0.3) is 22.2 Å². The number of rotatable bonds is 6. The second-order valence-electron chi connectivity index (χ2n) is 8.24. The zero-order valence-electron chi connectivity index (χ0n) is 18.0. The molecular weight excluding hydrogens is 464 g/mol. The Bertz CT molecular complexity index is 1540. The molecule has 33 heavy (non-hydrogen) atoms. The molecule has 10 heteroatoms. The molecule has 0 amide bonds. The van der Waals surface area contributed by atoms with Gasteiger partial charge in [-0.1, -0.05) is 17.7 Å². The number of benzene rings is 1. The van der Waals surface area contributed by atoms with Gasteiger partial charge in [-0.25, -0.2) is 22.4 Å². The van der Waals surface area contributed by atoms with E-state index in [1.54, 1.807) is 37.4 Å². The number of hydrogen-bond donors (Lipinski definition) is 0. The maximum absolute atomic E-state index is 13.2. The summed E-state index contributed by atoms with van der Waals surface area (Å²) in [7, 11) is -2.20. The Morgan fingerprint density at radius 3 is 2.61 bits per heavy atom. The number of fused-ring (bicyclic) bond motifs is 1. The minimum atomic E-state index is -3.82. The van der Waals surface area contributed by atoms with E-state index in [2.05, 4.69) is 9.97 Å². The smallest absolute Gasteiger partial charge is 0.293 e. The molecule has 4 aromatic rings. The van der Waals surface area contributed by atoms with Crippen molar-refractivity contribution in [2.24, 2.45) is 13.0 Å². The fourth-order valence-electron chi connectivity index (χ4n) is 3.65. The van der Waals surface area contributed by atoms with E-state index in [0.29, 0.717) is 34.7 Å². The molecule has 1 aromatic carbocycles. The third-order valence-electron chi connectivity index (χ3n) is 5.78. The SMILES string of the molecule is Cc1ccc(S(=O)(=O)n2ccc(-c3c(OCC4CC4)c(=O)n(C)c4cnc(Cl)nc34)c2)cc1. The summed E-state index contributed by atoms with van der Waals surface area (Å²) in [5.74, 6) is 0.538. The van der Waals surface area contributed by atoms with Crippen LogP contribution in [0.5, 0.6) is 5.75 Å². The topological polar surface area (TPSA) is 96.1 Å². The monoisotopic (exact) mass is 484 g/mol. The van der Waals surface area contributed by atoms with Gasteiger partial charge in [-0.3, -0.25) is 4.79 Å². The normalized spacial score (nSPS) is 14.0. The molecule has 0 atom stereocenters. The molecule has 0 bridgehead atoms. The van der Waals surface area contributed by atoms with Gasteiger partial charge in [0.1, 0.15) is 5.52 Å². The van der Waals surface area contributed by atoms with Gasteiger partial charge >= 0.3 is 0 Å². The minimum absolute atomic E-state index is 0.0160. The standard InChI is InChI=1S/C23H21ClN4O4S/c1-14-3-7-17(8-4-14)33(30,31)28-10-9-16(12-28)19-20-18(11-25-23(24)26-20)27(2)22(29)21(19)32-13-15-5-6-15/h3-4,7-12,15H,5-6,13H2,1-2H3. The zero-order valence-corrected chi connectivity index (χ0v) is 19.6. The highest BCUT2D eigenvalue weighted by atomic mass is 35.5. The zero-order chi connectivity index (χ0) is 23.3. The second kappa shape index (κ2) is 8.00. The predicted molar refractivity (Wildman–Crippen MR) is 125 cm³/mol. The molecule has 170 valence electrons. The number of nitrogens with zero attached hydrogens (tertiary/aromatic N) is 4. The van der Waals surface area contributed by atoms with Crippen molar-refractivity contribution in [3.63, 3.8) is 0 Å². The van der Waals surface area contributed by atoms with E-state index in [1.165, 1.54) is 23.2 Å². The molecule has 3 aromatic heterocycles. The van der Waals surface area contributed by atoms with Crippen molar-refractivity contribution in [1.82, 2.24) is 18.5 Å². The van der Waals surface area contributed by atoms with Gasteiger partial charge in [0.05, 0.1) is 28.8 Å². The first kappa shape index (κ1) is 21.7. The van der Waals surface area contributed by atoms with Crippen molar-refractivity contribution in [3.05, 3.63) is 70.1 Å². The van der Waals surface area contributed by atoms with Crippen LogP contribution in [0.4, 0.5) is 0 Å². The van der Waals surface area contributed by atoms with E-state index >= 15 is 0 Å². The lowest BCUT2D eigenvalue weighted by atomic mass is 10.1. The summed E-state index contributed by atoms with van der Waals surface area (Å²) >= 11 is 6.08. The molecule has 1 aliphatic rings. The van der Waals surface area contributed by atoms with Crippen molar-refractivity contribution in [3.8, 4) is 16.9 Å². The summed E-state index contributed by atoms with van der Waals surface area (Å²) in [6.45, 7) is 2.30. The van der Waals surface area contributed by atoms with Crippen molar-refractivity contribution < 1.29 is 13.2 Å². The molecule has 0 saturated heterocycles. The molecule has 8 nitrogen and oxygen atoms in total. The highest BCUT2D eigenvalue weighted by molar-refractivity contribution is 7.90. The first-order valence-electron chi connectivity index (χ1n) is 10.4. The average Bonchev–Trinajstić information content (AvgIpc) is 3.49. The van der Waals surface area contributed by atoms with E-state index in [0.717, 1.165) is 22.4 Å². The van der Waals surface area contributed by atoms with Crippen LogP contribution in [0.1, 0.15) is 18.4 Å². The van der Waals surface area contributed by atoms with Gasteiger partial charge in [-0.2, -0.15) is 0 Å².